The lowest BCUT2D eigenvalue weighted by molar-refractivity contribution is -0.122. The van der Waals surface area contributed by atoms with Crippen LogP contribution in [0.5, 0.6) is 0 Å². The SMILES string of the molecule is CCn1ccc2cc(NC(=O)CCNC(=O)[C@H]3C[C@@H]3C)ccc21. The summed E-state index contributed by atoms with van der Waals surface area (Å²) in [4.78, 5) is 23.7. The molecule has 2 amide bonds. The molecule has 1 aliphatic carbocycles. The molecule has 5 nitrogen and oxygen atoms in total. The van der Waals surface area contributed by atoms with Crippen molar-refractivity contribution >= 4 is 28.4 Å². The van der Waals surface area contributed by atoms with Crippen molar-refractivity contribution in [2.24, 2.45) is 11.8 Å². The van der Waals surface area contributed by atoms with Crippen molar-refractivity contribution in [3.05, 3.63) is 30.5 Å². The highest BCUT2D eigenvalue weighted by Crippen LogP contribution is 2.37. The monoisotopic (exact) mass is 313 g/mol. The van der Waals surface area contributed by atoms with E-state index in [1.54, 1.807) is 0 Å². The van der Waals surface area contributed by atoms with Gasteiger partial charge in [-0.2, -0.15) is 0 Å². The van der Waals surface area contributed by atoms with Gasteiger partial charge in [0.05, 0.1) is 0 Å². The topological polar surface area (TPSA) is 63.1 Å². The molecule has 5 heteroatoms. The molecule has 0 bridgehead atoms. The Morgan fingerprint density at radius 2 is 2.09 bits per heavy atom. The Bertz CT molecular complexity index is 735. The fourth-order valence-corrected chi connectivity index (χ4v) is 2.89. The minimum atomic E-state index is -0.0802. The van der Waals surface area contributed by atoms with Crippen LogP contribution in [0, 0.1) is 11.8 Å². The summed E-state index contributed by atoms with van der Waals surface area (Å²) in [7, 11) is 0. The van der Waals surface area contributed by atoms with Crippen molar-refractivity contribution < 1.29 is 9.59 Å². The van der Waals surface area contributed by atoms with Gasteiger partial charge in [-0.05, 0) is 43.5 Å². The molecule has 3 rings (SSSR count). The second-order valence-electron chi connectivity index (χ2n) is 6.28. The summed E-state index contributed by atoms with van der Waals surface area (Å²) in [5, 5.41) is 6.83. The lowest BCUT2D eigenvalue weighted by Gasteiger charge is -2.07. The third-order valence-electron chi connectivity index (χ3n) is 4.49. The van der Waals surface area contributed by atoms with E-state index in [2.05, 4.69) is 29.0 Å². The van der Waals surface area contributed by atoms with E-state index in [9.17, 15) is 9.59 Å². The summed E-state index contributed by atoms with van der Waals surface area (Å²) in [6, 6.07) is 7.96. The molecule has 0 saturated heterocycles. The number of fused-ring (bicyclic) bond motifs is 1. The Hall–Kier alpha value is -2.30. The van der Waals surface area contributed by atoms with E-state index < -0.39 is 0 Å². The van der Waals surface area contributed by atoms with Gasteiger partial charge in [0.15, 0.2) is 0 Å². The van der Waals surface area contributed by atoms with Crippen molar-refractivity contribution in [1.29, 1.82) is 0 Å². The minimum Gasteiger partial charge on any atom is -0.355 e. The van der Waals surface area contributed by atoms with Gasteiger partial charge in [-0.15, -0.1) is 0 Å². The molecule has 0 radical (unpaired) electrons. The number of aryl methyl sites for hydroxylation is 1. The van der Waals surface area contributed by atoms with Crippen LogP contribution in [0.2, 0.25) is 0 Å². The maximum Gasteiger partial charge on any atom is 0.226 e. The van der Waals surface area contributed by atoms with Crippen LogP contribution in [0.25, 0.3) is 10.9 Å². The fourth-order valence-electron chi connectivity index (χ4n) is 2.89. The highest BCUT2D eigenvalue weighted by atomic mass is 16.2. The number of hydrogen-bond acceptors (Lipinski definition) is 2. The molecular formula is C18H23N3O2. The van der Waals surface area contributed by atoms with Gasteiger partial charge in [0, 0.05) is 48.2 Å². The van der Waals surface area contributed by atoms with Crippen LogP contribution in [-0.4, -0.2) is 22.9 Å². The summed E-state index contributed by atoms with van der Waals surface area (Å²) in [6.07, 6.45) is 3.31. The second-order valence-corrected chi connectivity index (χ2v) is 6.28. The number of nitrogens with one attached hydrogen (secondary N) is 2. The average molecular weight is 313 g/mol. The molecule has 2 atom stereocenters. The molecule has 1 fully saturated rings. The maximum absolute atomic E-state index is 12.0. The fraction of sp³-hybridized carbons (Fsp3) is 0.444. The van der Waals surface area contributed by atoms with Crippen LogP contribution in [0.15, 0.2) is 30.5 Å². The van der Waals surface area contributed by atoms with Gasteiger partial charge in [0.1, 0.15) is 0 Å². The number of carbonyl (C=O) groups excluding carboxylic acids is 2. The number of rotatable bonds is 6. The Labute approximate surface area is 136 Å². The predicted molar refractivity (Wildman–Crippen MR) is 91.1 cm³/mol. The standard InChI is InChI=1S/C18H23N3O2/c1-3-21-9-7-13-11-14(4-5-16(13)21)20-17(22)6-8-19-18(23)15-10-12(15)2/h4-5,7,9,11-12,15H,3,6,8,10H2,1-2H3,(H,19,23)(H,20,22)/t12-,15-/m0/s1. The van der Waals surface area contributed by atoms with E-state index >= 15 is 0 Å². The first-order valence-corrected chi connectivity index (χ1v) is 8.25. The molecule has 23 heavy (non-hydrogen) atoms. The summed E-state index contributed by atoms with van der Waals surface area (Å²) in [5.74, 6) is 0.644. The van der Waals surface area contributed by atoms with Crippen LogP contribution in [-0.2, 0) is 16.1 Å². The Morgan fingerprint density at radius 1 is 1.30 bits per heavy atom. The van der Waals surface area contributed by atoms with Crippen LogP contribution in [0.1, 0.15) is 26.7 Å². The largest absolute Gasteiger partial charge is 0.355 e. The second kappa shape index (κ2) is 6.44. The van der Waals surface area contributed by atoms with Crippen molar-refractivity contribution in [2.45, 2.75) is 33.2 Å². The summed E-state index contributed by atoms with van der Waals surface area (Å²) >= 11 is 0. The third-order valence-corrected chi connectivity index (χ3v) is 4.49. The molecule has 2 aromatic rings. The lowest BCUT2D eigenvalue weighted by Crippen LogP contribution is -2.29. The number of carbonyl (C=O) groups is 2. The number of aromatic nitrogens is 1. The van der Waals surface area contributed by atoms with E-state index in [1.165, 1.54) is 0 Å². The van der Waals surface area contributed by atoms with Crippen molar-refractivity contribution in [1.82, 2.24) is 9.88 Å². The summed E-state index contributed by atoms with van der Waals surface area (Å²) in [5.41, 5.74) is 1.95. The number of nitrogens with zero attached hydrogens (tertiary/aromatic N) is 1. The number of amides is 2. The minimum absolute atomic E-state index is 0.0765. The van der Waals surface area contributed by atoms with E-state index in [0.717, 1.165) is 29.6 Å². The van der Waals surface area contributed by atoms with E-state index in [4.69, 9.17) is 0 Å². The normalized spacial score (nSPS) is 19.6. The van der Waals surface area contributed by atoms with Gasteiger partial charge in [0.2, 0.25) is 11.8 Å². The molecule has 1 aliphatic rings. The average Bonchev–Trinajstić information content (AvgIpc) is 3.12. The summed E-state index contributed by atoms with van der Waals surface area (Å²) < 4.78 is 2.16. The van der Waals surface area contributed by atoms with Gasteiger partial charge in [0.25, 0.3) is 0 Å². The van der Waals surface area contributed by atoms with Gasteiger partial charge < -0.3 is 15.2 Å². The van der Waals surface area contributed by atoms with E-state index in [0.29, 0.717) is 18.9 Å². The van der Waals surface area contributed by atoms with Crippen LogP contribution < -0.4 is 10.6 Å². The molecule has 0 spiro atoms. The highest BCUT2D eigenvalue weighted by Gasteiger charge is 2.38. The maximum atomic E-state index is 12.0. The smallest absolute Gasteiger partial charge is 0.226 e. The first-order chi connectivity index (χ1) is 11.1. The quantitative estimate of drug-likeness (QED) is 0.861. The van der Waals surface area contributed by atoms with Crippen LogP contribution >= 0.6 is 0 Å². The summed E-state index contributed by atoms with van der Waals surface area (Å²) in [6.45, 7) is 5.49. The number of hydrogen-bond donors (Lipinski definition) is 2. The Kier molecular flexibility index (Phi) is 4.37. The lowest BCUT2D eigenvalue weighted by atomic mass is 10.2. The zero-order valence-electron chi connectivity index (χ0n) is 13.6. The third kappa shape index (κ3) is 3.55. The molecule has 0 aliphatic heterocycles. The van der Waals surface area contributed by atoms with Crippen LogP contribution in [0.3, 0.4) is 0 Å². The first kappa shape index (κ1) is 15.6. The van der Waals surface area contributed by atoms with Gasteiger partial charge in [-0.25, -0.2) is 0 Å². The van der Waals surface area contributed by atoms with E-state index in [-0.39, 0.29) is 17.7 Å². The molecule has 1 saturated carbocycles. The molecule has 1 heterocycles. The molecular weight excluding hydrogens is 290 g/mol. The van der Waals surface area contributed by atoms with Crippen molar-refractivity contribution in [3.63, 3.8) is 0 Å². The van der Waals surface area contributed by atoms with Gasteiger partial charge in [-0.3, -0.25) is 9.59 Å². The number of benzene rings is 1. The molecule has 1 aromatic carbocycles. The van der Waals surface area contributed by atoms with Gasteiger partial charge >= 0.3 is 0 Å². The molecule has 2 N–H and O–H groups in total. The van der Waals surface area contributed by atoms with E-state index in [1.807, 2.05) is 30.5 Å². The highest BCUT2D eigenvalue weighted by molar-refractivity contribution is 5.94. The predicted octanol–water partition coefficient (Wildman–Crippen LogP) is 2.76. The Balaban J connectivity index is 1.50. The number of anilines is 1. The first-order valence-electron chi connectivity index (χ1n) is 8.25. The van der Waals surface area contributed by atoms with Crippen LogP contribution in [0.4, 0.5) is 5.69 Å². The molecule has 1 aromatic heterocycles. The Morgan fingerprint density at radius 3 is 2.78 bits per heavy atom. The van der Waals surface area contributed by atoms with Gasteiger partial charge in [-0.1, -0.05) is 6.92 Å². The van der Waals surface area contributed by atoms with Crippen molar-refractivity contribution in [3.8, 4) is 0 Å². The zero-order chi connectivity index (χ0) is 16.4. The van der Waals surface area contributed by atoms with Crippen molar-refractivity contribution in [2.75, 3.05) is 11.9 Å². The zero-order valence-corrected chi connectivity index (χ0v) is 13.6. The molecule has 0 unspecified atom stereocenters. The molecule has 122 valence electrons.